The second-order valence-electron chi connectivity index (χ2n) is 9.52. The lowest BCUT2D eigenvalue weighted by Crippen LogP contribution is -2.51. The molecule has 2 atom stereocenters. The fraction of sp³-hybridized carbons (Fsp3) is 0.696. The normalized spacial score (nSPS) is 26.2. The van der Waals surface area contributed by atoms with E-state index >= 15 is 0 Å². The highest BCUT2D eigenvalue weighted by Gasteiger charge is 2.40. The molecule has 2 saturated heterocycles. The van der Waals surface area contributed by atoms with Crippen LogP contribution in [0.3, 0.4) is 0 Å². The maximum atomic E-state index is 12.1. The first kappa shape index (κ1) is 20.3. The second-order valence-corrected chi connectivity index (χ2v) is 9.52. The van der Waals surface area contributed by atoms with Crippen molar-refractivity contribution < 1.29 is 19.0 Å². The van der Waals surface area contributed by atoms with Gasteiger partial charge < -0.3 is 19.5 Å². The van der Waals surface area contributed by atoms with Crippen molar-refractivity contribution in [3.63, 3.8) is 0 Å². The Morgan fingerprint density at radius 1 is 1.14 bits per heavy atom. The number of hydrogen-bond acceptors (Lipinski definition) is 5. The predicted octanol–water partition coefficient (Wildman–Crippen LogP) is 3.91. The molecular formula is C23H34N2O4. The van der Waals surface area contributed by atoms with Crippen molar-refractivity contribution in [2.24, 2.45) is 0 Å². The van der Waals surface area contributed by atoms with E-state index in [1.807, 2.05) is 26.8 Å². The number of benzene rings is 1. The Labute approximate surface area is 173 Å². The van der Waals surface area contributed by atoms with E-state index in [0.717, 1.165) is 43.7 Å². The summed E-state index contributed by atoms with van der Waals surface area (Å²) in [7, 11) is 0. The number of alkyl carbamates (subject to hydrolysis) is 1. The minimum atomic E-state index is -0.447. The highest BCUT2D eigenvalue weighted by atomic mass is 16.6. The largest absolute Gasteiger partial charge is 0.486 e. The third-order valence-corrected chi connectivity index (χ3v) is 6.09. The summed E-state index contributed by atoms with van der Waals surface area (Å²) < 4.78 is 16.7. The number of fused-ring (bicyclic) bond motifs is 3. The Morgan fingerprint density at radius 2 is 1.83 bits per heavy atom. The van der Waals surface area contributed by atoms with Crippen LogP contribution in [-0.2, 0) is 11.2 Å². The maximum absolute atomic E-state index is 12.1. The molecule has 2 unspecified atom stereocenters. The van der Waals surface area contributed by atoms with Crippen molar-refractivity contribution in [2.75, 3.05) is 19.8 Å². The van der Waals surface area contributed by atoms with E-state index in [-0.39, 0.29) is 12.1 Å². The van der Waals surface area contributed by atoms with Crippen LogP contribution >= 0.6 is 0 Å². The number of rotatable bonds is 5. The van der Waals surface area contributed by atoms with Gasteiger partial charge in [0, 0.05) is 18.1 Å². The Balaban J connectivity index is 1.24. The molecule has 3 heterocycles. The van der Waals surface area contributed by atoms with E-state index in [1.165, 1.54) is 18.4 Å². The van der Waals surface area contributed by atoms with Crippen LogP contribution in [0.4, 0.5) is 4.79 Å². The van der Waals surface area contributed by atoms with Crippen molar-refractivity contribution in [1.29, 1.82) is 0 Å². The van der Waals surface area contributed by atoms with E-state index in [0.29, 0.717) is 25.3 Å². The van der Waals surface area contributed by atoms with Crippen LogP contribution in [0.25, 0.3) is 0 Å². The zero-order valence-electron chi connectivity index (χ0n) is 17.9. The molecular weight excluding hydrogens is 368 g/mol. The molecule has 160 valence electrons. The van der Waals surface area contributed by atoms with Crippen molar-refractivity contribution in [1.82, 2.24) is 10.2 Å². The molecule has 1 aromatic carbocycles. The highest BCUT2D eigenvalue weighted by Crippen LogP contribution is 2.36. The average Bonchev–Trinajstić information content (AvgIpc) is 2.89. The summed E-state index contributed by atoms with van der Waals surface area (Å²) in [5.41, 5.74) is 0.862. The van der Waals surface area contributed by atoms with Gasteiger partial charge in [0.05, 0.1) is 0 Å². The number of piperidine rings is 1. The van der Waals surface area contributed by atoms with Gasteiger partial charge in [-0.1, -0.05) is 6.07 Å². The van der Waals surface area contributed by atoms with Crippen molar-refractivity contribution in [3.8, 4) is 11.5 Å². The molecule has 0 aliphatic carbocycles. The van der Waals surface area contributed by atoms with E-state index in [4.69, 9.17) is 14.2 Å². The first-order valence-electron chi connectivity index (χ1n) is 11.0. The molecule has 1 amide bonds. The SMILES string of the molecule is CC(C)(C)OC(=O)NC1CC2CCC(C1)N2CCCc1ccc2c(c1)OCCO2. The smallest absolute Gasteiger partial charge is 0.407 e. The Bertz CT molecular complexity index is 716. The topological polar surface area (TPSA) is 60.0 Å². The molecule has 2 bridgehead atoms. The second kappa shape index (κ2) is 8.42. The molecule has 29 heavy (non-hydrogen) atoms. The molecule has 4 rings (SSSR count). The number of nitrogens with zero attached hydrogens (tertiary/aromatic N) is 1. The fourth-order valence-electron chi connectivity index (χ4n) is 4.94. The Morgan fingerprint density at radius 3 is 2.52 bits per heavy atom. The van der Waals surface area contributed by atoms with E-state index in [9.17, 15) is 4.79 Å². The summed E-state index contributed by atoms with van der Waals surface area (Å²) in [5, 5.41) is 3.09. The summed E-state index contributed by atoms with van der Waals surface area (Å²) in [6.07, 6.45) is 6.43. The number of aryl methyl sites for hydroxylation is 1. The molecule has 1 N–H and O–H groups in total. The summed E-state index contributed by atoms with van der Waals surface area (Å²) in [5.74, 6) is 1.74. The lowest BCUT2D eigenvalue weighted by molar-refractivity contribution is 0.0442. The van der Waals surface area contributed by atoms with Crippen molar-refractivity contribution in [3.05, 3.63) is 23.8 Å². The number of carbonyl (C=O) groups is 1. The van der Waals surface area contributed by atoms with Gasteiger partial charge in [0.25, 0.3) is 0 Å². The number of amides is 1. The first-order chi connectivity index (χ1) is 13.9. The number of nitrogens with one attached hydrogen (secondary N) is 1. The van der Waals surface area contributed by atoms with Crippen LogP contribution in [0.5, 0.6) is 11.5 Å². The molecule has 1 aromatic rings. The van der Waals surface area contributed by atoms with Gasteiger partial charge in [0.1, 0.15) is 18.8 Å². The van der Waals surface area contributed by atoms with Crippen LogP contribution in [-0.4, -0.2) is 54.5 Å². The molecule has 3 aliphatic heterocycles. The van der Waals surface area contributed by atoms with Gasteiger partial charge in [0.2, 0.25) is 0 Å². The minimum absolute atomic E-state index is 0.233. The number of carbonyl (C=O) groups excluding carboxylic acids is 1. The zero-order valence-corrected chi connectivity index (χ0v) is 17.9. The monoisotopic (exact) mass is 402 g/mol. The molecule has 6 heteroatoms. The third kappa shape index (κ3) is 5.16. The lowest BCUT2D eigenvalue weighted by atomic mass is 9.96. The molecule has 0 aromatic heterocycles. The fourth-order valence-corrected chi connectivity index (χ4v) is 4.94. The predicted molar refractivity (Wildman–Crippen MR) is 112 cm³/mol. The summed E-state index contributed by atoms with van der Waals surface area (Å²) in [6, 6.07) is 7.69. The number of hydrogen-bond donors (Lipinski definition) is 1. The van der Waals surface area contributed by atoms with Crippen LogP contribution in [0.15, 0.2) is 18.2 Å². The molecule has 0 spiro atoms. The zero-order chi connectivity index (χ0) is 20.4. The van der Waals surface area contributed by atoms with Gasteiger partial charge in [-0.25, -0.2) is 4.79 Å². The Hall–Kier alpha value is -1.95. The number of ether oxygens (including phenoxy) is 3. The van der Waals surface area contributed by atoms with Gasteiger partial charge in [-0.3, -0.25) is 4.90 Å². The van der Waals surface area contributed by atoms with Crippen LogP contribution < -0.4 is 14.8 Å². The van der Waals surface area contributed by atoms with Gasteiger partial charge in [-0.05, 0) is 83.5 Å². The van der Waals surface area contributed by atoms with Gasteiger partial charge >= 0.3 is 6.09 Å². The Kier molecular flexibility index (Phi) is 5.91. The highest BCUT2D eigenvalue weighted by molar-refractivity contribution is 5.68. The van der Waals surface area contributed by atoms with E-state index < -0.39 is 5.60 Å². The maximum Gasteiger partial charge on any atom is 0.407 e. The quantitative estimate of drug-likeness (QED) is 0.809. The van der Waals surface area contributed by atoms with Crippen molar-refractivity contribution in [2.45, 2.75) is 83.0 Å². The van der Waals surface area contributed by atoms with Gasteiger partial charge in [-0.15, -0.1) is 0 Å². The molecule has 6 nitrogen and oxygen atoms in total. The molecule has 3 aliphatic rings. The molecule has 0 radical (unpaired) electrons. The van der Waals surface area contributed by atoms with Crippen LogP contribution in [0, 0.1) is 0 Å². The summed E-state index contributed by atoms with van der Waals surface area (Å²) in [4.78, 5) is 14.8. The van der Waals surface area contributed by atoms with Gasteiger partial charge in [0.15, 0.2) is 11.5 Å². The van der Waals surface area contributed by atoms with E-state index in [2.05, 4.69) is 22.3 Å². The molecule has 0 saturated carbocycles. The van der Waals surface area contributed by atoms with Crippen LogP contribution in [0.1, 0.15) is 58.4 Å². The third-order valence-electron chi connectivity index (χ3n) is 6.09. The first-order valence-corrected chi connectivity index (χ1v) is 11.0. The molecule has 2 fully saturated rings. The average molecular weight is 403 g/mol. The summed E-state index contributed by atoms with van der Waals surface area (Å²) >= 11 is 0. The standard InChI is InChI=1S/C23H34N2O4/c1-23(2,3)29-22(26)24-17-14-18-7-8-19(15-17)25(18)10-4-5-16-6-9-20-21(13-16)28-12-11-27-20/h6,9,13,17-19H,4-5,7-8,10-12,14-15H2,1-3H3,(H,24,26). The van der Waals surface area contributed by atoms with Gasteiger partial charge in [-0.2, -0.15) is 0 Å². The van der Waals surface area contributed by atoms with E-state index in [1.54, 1.807) is 0 Å². The van der Waals surface area contributed by atoms with Crippen molar-refractivity contribution >= 4 is 6.09 Å². The van der Waals surface area contributed by atoms with Crippen LogP contribution in [0.2, 0.25) is 0 Å². The minimum Gasteiger partial charge on any atom is -0.486 e. The lowest BCUT2D eigenvalue weighted by Gasteiger charge is -2.39. The summed E-state index contributed by atoms with van der Waals surface area (Å²) in [6.45, 7) is 8.09.